The lowest BCUT2D eigenvalue weighted by molar-refractivity contribution is -0.0555. The molecule has 0 aromatic rings. The maximum Gasteiger partial charge on any atom is 0.0635 e. The molecule has 12 heterocycles. The molecule has 12 aliphatic heterocycles. The van der Waals surface area contributed by atoms with Crippen LogP contribution in [-0.2, 0) is 4.74 Å². The second-order valence-electron chi connectivity index (χ2n) is 39.2. The van der Waals surface area contributed by atoms with Crippen molar-refractivity contribution in [1.29, 1.82) is 0 Å². The Morgan fingerprint density at radius 1 is 0.367 bits per heavy atom. The number of likely N-dealkylation sites (tertiary alicyclic amines) is 11. The van der Waals surface area contributed by atoms with E-state index in [1.54, 1.807) is 0 Å². The average Bonchev–Trinajstić information content (AvgIpc) is 2.35. The molecule has 0 aromatic heterocycles. The zero-order valence-electron chi connectivity index (χ0n) is 65.3. The Balaban J connectivity index is 0.000000149. The normalized spacial score (nSPS) is 34.8. The van der Waals surface area contributed by atoms with E-state index in [1.807, 2.05) is 0 Å². The fraction of sp³-hybridized carbons (Fsp3) is 1.00. The van der Waals surface area contributed by atoms with Crippen molar-refractivity contribution in [2.24, 2.45) is 35.0 Å². The lowest BCUT2D eigenvalue weighted by atomic mass is 9.86. The van der Waals surface area contributed by atoms with Crippen LogP contribution in [0.1, 0.15) is 171 Å². The summed E-state index contributed by atoms with van der Waals surface area (Å²) in [6.45, 7) is 74.8. The highest BCUT2D eigenvalue weighted by Crippen LogP contribution is 2.55. The quantitative estimate of drug-likeness (QED) is 0.271. The molecular weight excluding hydrogens is 1110 g/mol. The first-order chi connectivity index (χ1) is 41.2. The maximum absolute atomic E-state index is 5.54. The molecule has 0 unspecified atom stereocenters. The van der Waals surface area contributed by atoms with Gasteiger partial charge in [0.25, 0.3) is 0 Å². The summed E-state index contributed by atoms with van der Waals surface area (Å²) in [6, 6.07) is 5.60. The van der Waals surface area contributed by atoms with Gasteiger partial charge in [0.2, 0.25) is 0 Å². The van der Waals surface area contributed by atoms with Gasteiger partial charge in [0.15, 0.2) is 0 Å². The van der Waals surface area contributed by atoms with Crippen molar-refractivity contribution in [3.63, 3.8) is 0 Å². The summed E-state index contributed by atoms with van der Waals surface area (Å²) in [5, 5.41) is 0. The summed E-state index contributed by atoms with van der Waals surface area (Å²) >= 11 is 0. The molecule has 1 saturated carbocycles. The number of fused-ring (bicyclic) bond motifs is 5. The van der Waals surface area contributed by atoms with Crippen LogP contribution in [0.15, 0.2) is 0 Å². The van der Waals surface area contributed by atoms with Crippen molar-refractivity contribution < 1.29 is 4.74 Å². The Hall–Kier alpha value is -0.600. The second-order valence-corrected chi connectivity index (χ2v) is 39.2. The van der Waals surface area contributed by atoms with Gasteiger partial charge in [0.05, 0.1) is 13.2 Å². The molecule has 15 heteroatoms. The number of nitrogens with zero attached hydrogens (tertiary/aromatic N) is 14. The van der Waals surface area contributed by atoms with Crippen LogP contribution in [0.25, 0.3) is 0 Å². The number of likely N-dealkylation sites (N-methyl/N-ethyl adjacent to an activating group) is 7. The van der Waals surface area contributed by atoms with Gasteiger partial charge in [-0.15, -0.1) is 0 Å². The molecule has 1 spiro atoms. The van der Waals surface area contributed by atoms with Gasteiger partial charge in [-0.25, -0.2) is 0 Å². The van der Waals surface area contributed by atoms with Crippen molar-refractivity contribution in [2.45, 2.75) is 252 Å². The fourth-order valence-corrected chi connectivity index (χ4v) is 18.5. The van der Waals surface area contributed by atoms with Gasteiger partial charge < -0.3 is 39.0 Å². The van der Waals surface area contributed by atoms with Crippen LogP contribution in [0.5, 0.6) is 0 Å². The van der Waals surface area contributed by atoms with E-state index in [4.69, 9.17) is 4.74 Å². The van der Waals surface area contributed by atoms with Crippen molar-refractivity contribution in [3.8, 4) is 0 Å². The lowest BCUT2D eigenvalue weighted by Gasteiger charge is -2.51. The van der Waals surface area contributed by atoms with E-state index in [0.29, 0.717) is 44.7 Å². The zero-order valence-corrected chi connectivity index (χ0v) is 65.3. The van der Waals surface area contributed by atoms with E-state index in [9.17, 15) is 0 Å². The summed E-state index contributed by atoms with van der Waals surface area (Å²) in [6.07, 6.45) is 5.71. The Morgan fingerprint density at radius 2 is 0.744 bits per heavy atom. The molecule has 15 nitrogen and oxygen atoms in total. The van der Waals surface area contributed by atoms with Crippen molar-refractivity contribution in [3.05, 3.63) is 0 Å². The number of morpholine rings is 1. The number of hydrogen-bond acceptors (Lipinski definition) is 15. The molecule has 0 aromatic carbocycles. The highest BCUT2D eigenvalue weighted by Gasteiger charge is 2.57. The zero-order chi connectivity index (χ0) is 67.4. The fourth-order valence-electron chi connectivity index (χ4n) is 18.5. The molecule has 12 atom stereocenters. The SMILES string of the molecule is CN(C)C[C@H]1COCCN1C(C)(C)C.CN(C)[C@H]1CN(C(C)(C)C)CC12CC2.CN1C[C@@H]2CCN(C(C)(C)C)[C@@H]2C1.CN1C[C@@H]2CN(C(C)(C)C)C[C@@H]21.CN1C[C@H]2CCN(C(C)(C)C)[C@H]2C1.CN1C[C@H]2CN(C(C)(C)C)C[C@H]21.CN1C[C@H]2CN(C(C)(C)C)[C@H]2C1. The van der Waals surface area contributed by atoms with Gasteiger partial charge in [-0.2, -0.15) is 0 Å². The van der Waals surface area contributed by atoms with Gasteiger partial charge in [-0.1, -0.05) is 0 Å². The topological polar surface area (TPSA) is 54.6 Å². The summed E-state index contributed by atoms with van der Waals surface area (Å²) in [4.78, 5) is 35.5. The van der Waals surface area contributed by atoms with Crippen LogP contribution in [-0.4, -0.2) is 351 Å². The summed E-state index contributed by atoms with van der Waals surface area (Å²) in [5.41, 5.74) is 3.12. The molecule has 90 heavy (non-hydrogen) atoms. The predicted molar refractivity (Wildman–Crippen MR) is 385 cm³/mol. The second kappa shape index (κ2) is 29.5. The van der Waals surface area contributed by atoms with Crippen LogP contribution in [0.3, 0.4) is 0 Å². The van der Waals surface area contributed by atoms with Gasteiger partial charge >= 0.3 is 0 Å². The lowest BCUT2D eigenvalue weighted by Crippen LogP contribution is -2.62. The van der Waals surface area contributed by atoms with E-state index in [2.05, 4.69) is 277 Å². The minimum atomic E-state index is 0.254. The maximum atomic E-state index is 5.54. The molecule has 13 aliphatic rings. The predicted octanol–water partition coefficient (Wildman–Crippen LogP) is 8.79. The average molecular weight is 1270 g/mol. The molecule has 13 rings (SSSR count). The third kappa shape index (κ3) is 19.6. The monoisotopic (exact) mass is 1270 g/mol. The molecule has 13 fully saturated rings. The van der Waals surface area contributed by atoms with Crippen LogP contribution in [0.2, 0.25) is 0 Å². The summed E-state index contributed by atoms with van der Waals surface area (Å²) in [7, 11) is 19.9. The molecule has 1 aliphatic carbocycles. The number of hydrogen-bond donors (Lipinski definition) is 0. The molecule has 528 valence electrons. The first-order valence-corrected chi connectivity index (χ1v) is 36.8. The van der Waals surface area contributed by atoms with Crippen molar-refractivity contribution in [1.82, 2.24) is 68.6 Å². The standard InChI is InChI=1S/C12H24N2.C11H24N2O.2C11H22N2.3C10H20N2/c1-11(2,3)14-8-10(13(4)5)12(9-14)6-7-12;1-11(2,3)13-6-7-14-9-10(13)8-12(4)5;2*1-11(2,3)13-6-5-9-7-12(4)8-10(9)13;2*1-10(2,3)12-6-8-5-11(4)9(8)7-12;1-10(2,3)12-6-8-5-11(4)7-9(8)12/h2*10H,6-9H2,1-5H3;2*9-10H,5-8H2,1-4H3;3*8-9H,5-7H2,1-4H3/t2*10-;2*9-,10+;2*8-,9+;8-,9-/m0010100/s1. The molecule has 12 saturated heterocycles. The minimum Gasteiger partial charge on any atom is -0.378 e. The van der Waals surface area contributed by atoms with Gasteiger partial charge in [-0.3, -0.25) is 34.3 Å². The Labute approximate surface area is 558 Å². The third-order valence-electron chi connectivity index (χ3n) is 24.1. The van der Waals surface area contributed by atoms with Crippen molar-refractivity contribution in [2.75, 3.05) is 201 Å². The summed E-state index contributed by atoms with van der Waals surface area (Å²) < 4.78 is 5.54. The van der Waals surface area contributed by atoms with Crippen LogP contribution in [0.4, 0.5) is 0 Å². The highest BCUT2D eigenvalue weighted by molar-refractivity contribution is 5.12. The van der Waals surface area contributed by atoms with E-state index in [-0.39, 0.29) is 5.54 Å². The minimum absolute atomic E-state index is 0.254. The van der Waals surface area contributed by atoms with Gasteiger partial charge in [0, 0.05) is 210 Å². The Kier molecular flexibility index (Phi) is 25.1. The van der Waals surface area contributed by atoms with E-state index < -0.39 is 0 Å². The van der Waals surface area contributed by atoms with E-state index in [1.165, 1.54) is 137 Å². The molecular formula is C75H152N14O. The number of ether oxygens (including phenoxy) is 1. The van der Waals surface area contributed by atoms with Crippen LogP contribution >= 0.6 is 0 Å². The van der Waals surface area contributed by atoms with Gasteiger partial charge in [0.1, 0.15) is 0 Å². The molecule has 0 bridgehead atoms. The Morgan fingerprint density at radius 3 is 1.06 bits per heavy atom. The first kappa shape index (κ1) is 76.8. The van der Waals surface area contributed by atoms with Crippen molar-refractivity contribution >= 4 is 0 Å². The first-order valence-electron chi connectivity index (χ1n) is 36.8. The van der Waals surface area contributed by atoms with Crippen LogP contribution < -0.4 is 0 Å². The number of rotatable bonds is 3. The van der Waals surface area contributed by atoms with Crippen LogP contribution in [0, 0.1) is 35.0 Å². The van der Waals surface area contributed by atoms with E-state index >= 15 is 0 Å². The highest BCUT2D eigenvalue weighted by atomic mass is 16.5. The largest absolute Gasteiger partial charge is 0.378 e. The Bertz CT molecular complexity index is 2090. The smallest absolute Gasteiger partial charge is 0.0635 e. The molecule has 0 radical (unpaired) electrons. The van der Waals surface area contributed by atoms with E-state index in [0.717, 1.165) is 92.1 Å². The van der Waals surface area contributed by atoms with Gasteiger partial charge in [-0.05, 0) is 265 Å². The third-order valence-corrected chi connectivity index (χ3v) is 24.1. The molecule has 0 N–H and O–H groups in total. The summed E-state index contributed by atoms with van der Waals surface area (Å²) in [5.74, 6) is 4.80. The molecule has 0 amide bonds.